The van der Waals surface area contributed by atoms with Crippen molar-refractivity contribution in [2.24, 2.45) is 0 Å². The second kappa shape index (κ2) is 6.45. The summed E-state index contributed by atoms with van der Waals surface area (Å²) in [5.41, 5.74) is 2.90. The van der Waals surface area contributed by atoms with E-state index in [0.29, 0.717) is 33.1 Å². The Morgan fingerprint density at radius 2 is 2.00 bits per heavy atom. The van der Waals surface area contributed by atoms with Gasteiger partial charge in [-0.05, 0) is 30.4 Å². The Kier molecular flexibility index (Phi) is 4.12. The lowest BCUT2D eigenvalue weighted by molar-refractivity contribution is 0.101. The van der Waals surface area contributed by atoms with E-state index in [4.69, 9.17) is 9.47 Å². The number of methoxy groups -OCH3 is 2. The van der Waals surface area contributed by atoms with E-state index in [-0.39, 0.29) is 17.4 Å². The molecule has 1 fully saturated rings. The minimum absolute atomic E-state index is 0.170. The molecule has 1 N–H and O–H groups in total. The van der Waals surface area contributed by atoms with Crippen molar-refractivity contribution in [3.05, 3.63) is 50.7 Å². The number of rotatable bonds is 5. The molecule has 0 unspecified atom stereocenters. The van der Waals surface area contributed by atoms with Crippen LogP contribution in [0.3, 0.4) is 0 Å². The van der Waals surface area contributed by atoms with Crippen molar-refractivity contribution < 1.29 is 14.3 Å². The summed E-state index contributed by atoms with van der Waals surface area (Å²) in [7, 11) is 3.04. The van der Waals surface area contributed by atoms with E-state index >= 15 is 0 Å². The number of fused-ring (bicyclic) bond motifs is 1. The van der Waals surface area contributed by atoms with Crippen molar-refractivity contribution in [3.8, 4) is 11.5 Å². The van der Waals surface area contributed by atoms with Crippen LogP contribution in [0.25, 0.3) is 10.9 Å². The zero-order valence-corrected chi connectivity index (χ0v) is 15.1. The Hall–Kier alpha value is -2.87. The van der Waals surface area contributed by atoms with Crippen molar-refractivity contribution in [1.29, 1.82) is 0 Å². The molecular formula is C18H17N3O4S. The highest BCUT2D eigenvalue weighted by atomic mass is 32.1. The highest BCUT2D eigenvalue weighted by Crippen LogP contribution is 2.39. The van der Waals surface area contributed by atoms with Crippen LogP contribution >= 0.6 is 11.3 Å². The molecule has 8 heteroatoms. The van der Waals surface area contributed by atoms with Crippen molar-refractivity contribution in [1.82, 2.24) is 9.66 Å². The molecule has 0 bridgehead atoms. The number of hydrogen-bond acceptors (Lipinski definition) is 6. The molecule has 3 aromatic rings. The van der Waals surface area contributed by atoms with Crippen LogP contribution in [0.15, 0.2) is 34.4 Å². The molecule has 7 nitrogen and oxygen atoms in total. The summed E-state index contributed by atoms with van der Waals surface area (Å²) in [6, 6.07) is 6.78. The number of aromatic nitrogens is 2. The summed E-state index contributed by atoms with van der Waals surface area (Å²) < 4.78 is 11.9. The Balaban J connectivity index is 1.87. The van der Waals surface area contributed by atoms with Gasteiger partial charge in [-0.2, -0.15) is 0 Å². The zero-order chi connectivity index (χ0) is 18.3. The average molecular weight is 371 g/mol. The lowest BCUT2D eigenvalue weighted by atomic mass is 10.2. The Labute approximate surface area is 153 Å². The SMILES string of the molecule is COc1cc2nc(C3CC3)n(NC(=O)c3cccs3)c(=O)c2cc1OC. The van der Waals surface area contributed by atoms with Crippen LogP contribution < -0.4 is 20.5 Å². The van der Waals surface area contributed by atoms with Crippen LogP contribution in [0.2, 0.25) is 0 Å². The lowest BCUT2D eigenvalue weighted by Gasteiger charge is -2.15. The summed E-state index contributed by atoms with van der Waals surface area (Å²) in [5.74, 6) is 1.36. The predicted molar refractivity (Wildman–Crippen MR) is 99.1 cm³/mol. The van der Waals surface area contributed by atoms with Gasteiger partial charge in [0.25, 0.3) is 11.5 Å². The molecule has 1 aliphatic rings. The fraction of sp³-hybridized carbons (Fsp3) is 0.278. The average Bonchev–Trinajstić information content (AvgIpc) is 3.35. The second-order valence-corrected chi connectivity index (χ2v) is 6.98. The number of hydrogen-bond donors (Lipinski definition) is 1. The maximum absolute atomic E-state index is 13.1. The molecule has 0 aliphatic heterocycles. The molecule has 1 aliphatic carbocycles. The third kappa shape index (κ3) is 2.82. The molecule has 1 saturated carbocycles. The number of nitrogens with one attached hydrogen (secondary N) is 1. The molecule has 0 spiro atoms. The second-order valence-electron chi connectivity index (χ2n) is 6.03. The van der Waals surface area contributed by atoms with Gasteiger partial charge in [-0.15, -0.1) is 11.3 Å². The predicted octanol–water partition coefficient (Wildman–Crippen LogP) is 2.74. The van der Waals surface area contributed by atoms with Crippen LogP contribution in [-0.2, 0) is 0 Å². The smallest absolute Gasteiger partial charge is 0.280 e. The van der Waals surface area contributed by atoms with Crippen molar-refractivity contribution in [2.45, 2.75) is 18.8 Å². The largest absolute Gasteiger partial charge is 0.493 e. The van der Waals surface area contributed by atoms with Gasteiger partial charge in [0.2, 0.25) is 0 Å². The Morgan fingerprint density at radius 3 is 2.62 bits per heavy atom. The van der Waals surface area contributed by atoms with Crippen LogP contribution in [-0.4, -0.2) is 29.8 Å². The molecule has 2 aromatic heterocycles. The molecular weight excluding hydrogens is 354 g/mol. The number of benzene rings is 1. The fourth-order valence-electron chi connectivity index (χ4n) is 2.82. The maximum atomic E-state index is 13.1. The number of amides is 1. The van der Waals surface area contributed by atoms with Crippen LogP contribution in [0.5, 0.6) is 11.5 Å². The third-order valence-electron chi connectivity index (χ3n) is 4.30. The number of thiophene rings is 1. The number of nitrogens with zero attached hydrogens (tertiary/aromatic N) is 2. The van der Waals surface area contributed by atoms with E-state index in [1.807, 2.05) is 5.38 Å². The van der Waals surface area contributed by atoms with Crippen molar-refractivity contribution in [3.63, 3.8) is 0 Å². The summed E-state index contributed by atoms with van der Waals surface area (Å²) in [6.07, 6.45) is 1.89. The van der Waals surface area contributed by atoms with Gasteiger partial charge in [0.05, 0.1) is 30.0 Å². The summed E-state index contributed by atoms with van der Waals surface area (Å²) in [6.45, 7) is 0. The van der Waals surface area contributed by atoms with Crippen LogP contribution in [0.4, 0.5) is 0 Å². The highest BCUT2D eigenvalue weighted by molar-refractivity contribution is 7.12. The molecule has 2 heterocycles. The van der Waals surface area contributed by atoms with Crippen molar-refractivity contribution in [2.75, 3.05) is 19.6 Å². The molecule has 0 atom stereocenters. The van der Waals surface area contributed by atoms with Crippen LogP contribution in [0.1, 0.15) is 34.3 Å². The molecule has 26 heavy (non-hydrogen) atoms. The van der Waals surface area contributed by atoms with E-state index in [1.165, 1.54) is 30.2 Å². The Morgan fingerprint density at radius 1 is 1.27 bits per heavy atom. The van der Waals surface area contributed by atoms with E-state index in [9.17, 15) is 9.59 Å². The van der Waals surface area contributed by atoms with Gasteiger partial charge in [0.15, 0.2) is 11.5 Å². The topological polar surface area (TPSA) is 82.5 Å². The first-order valence-electron chi connectivity index (χ1n) is 8.16. The van der Waals surface area contributed by atoms with Gasteiger partial charge in [-0.1, -0.05) is 6.07 Å². The molecule has 0 radical (unpaired) electrons. The number of carbonyl (C=O) groups is 1. The van der Waals surface area contributed by atoms with Crippen LogP contribution in [0, 0.1) is 0 Å². The van der Waals surface area contributed by atoms with Gasteiger partial charge in [-0.25, -0.2) is 9.66 Å². The molecule has 1 aromatic carbocycles. The van der Waals surface area contributed by atoms with Gasteiger partial charge >= 0.3 is 0 Å². The first-order valence-corrected chi connectivity index (χ1v) is 9.04. The maximum Gasteiger partial charge on any atom is 0.280 e. The van der Waals surface area contributed by atoms with E-state index in [0.717, 1.165) is 12.8 Å². The van der Waals surface area contributed by atoms with Crippen molar-refractivity contribution >= 4 is 28.1 Å². The molecule has 0 saturated heterocycles. The zero-order valence-electron chi connectivity index (χ0n) is 14.3. The van der Waals surface area contributed by atoms with E-state index < -0.39 is 0 Å². The highest BCUT2D eigenvalue weighted by Gasteiger charge is 2.30. The minimum atomic E-state index is -0.331. The quantitative estimate of drug-likeness (QED) is 0.746. The fourth-order valence-corrected chi connectivity index (χ4v) is 3.43. The Bertz CT molecular complexity index is 1040. The summed E-state index contributed by atoms with van der Waals surface area (Å²) in [5, 5.41) is 2.17. The van der Waals surface area contributed by atoms with E-state index in [1.54, 1.807) is 24.3 Å². The number of carbonyl (C=O) groups excluding carboxylic acids is 1. The van der Waals surface area contributed by atoms with Gasteiger partial charge in [0, 0.05) is 12.0 Å². The number of ether oxygens (including phenoxy) is 2. The summed E-state index contributed by atoms with van der Waals surface area (Å²) >= 11 is 1.32. The lowest BCUT2D eigenvalue weighted by Crippen LogP contribution is -2.36. The molecule has 4 rings (SSSR count). The van der Waals surface area contributed by atoms with Gasteiger partial charge < -0.3 is 9.47 Å². The van der Waals surface area contributed by atoms with Gasteiger partial charge in [0.1, 0.15) is 5.82 Å². The first kappa shape index (κ1) is 16.6. The normalized spacial score (nSPS) is 13.6. The monoisotopic (exact) mass is 371 g/mol. The van der Waals surface area contributed by atoms with E-state index in [2.05, 4.69) is 10.4 Å². The standard InChI is InChI=1S/C18H17N3O4S/c1-24-13-8-11-12(9-14(13)25-2)19-16(10-5-6-10)21(18(11)23)20-17(22)15-4-3-7-26-15/h3-4,7-10H,5-6H2,1-2H3,(H,20,22). The molecule has 134 valence electrons. The third-order valence-corrected chi connectivity index (χ3v) is 5.17. The summed E-state index contributed by atoms with van der Waals surface area (Å²) in [4.78, 5) is 30.7. The van der Waals surface area contributed by atoms with Gasteiger partial charge in [-0.3, -0.25) is 15.0 Å². The molecule has 1 amide bonds. The minimum Gasteiger partial charge on any atom is -0.493 e. The first-order chi connectivity index (χ1) is 12.6.